The number of piperazine rings is 1. The number of non-ortho nitro benzene ring substituents is 1. The first-order valence-electron chi connectivity index (χ1n) is 9.21. The third-order valence-electron chi connectivity index (χ3n) is 5.79. The largest absolute Gasteiger partial charge is 0.468 e. The molecule has 0 radical (unpaired) electrons. The van der Waals surface area contributed by atoms with Gasteiger partial charge >= 0.3 is 0 Å². The van der Waals surface area contributed by atoms with Crippen LogP contribution in [0.1, 0.15) is 37.7 Å². The number of nitrogens with zero attached hydrogens (tertiary/aromatic N) is 3. The molecule has 134 valence electrons. The second kappa shape index (κ2) is 6.42. The Balaban J connectivity index is 1.74. The summed E-state index contributed by atoms with van der Waals surface area (Å²) in [6.45, 7) is 4.09. The van der Waals surface area contributed by atoms with E-state index in [1.165, 1.54) is 12.0 Å². The average molecular weight is 343 g/mol. The van der Waals surface area contributed by atoms with Crippen molar-refractivity contribution in [3.63, 3.8) is 0 Å². The summed E-state index contributed by atoms with van der Waals surface area (Å²) in [5.41, 5.74) is 1.90. The molecule has 0 amide bonds. The molecule has 0 aromatic heterocycles. The van der Waals surface area contributed by atoms with Crippen molar-refractivity contribution in [1.82, 2.24) is 9.80 Å². The van der Waals surface area contributed by atoms with Crippen molar-refractivity contribution in [3.05, 3.63) is 39.4 Å². The number of nitro benzene ring substituents is 1. The Morgan fingerprint density at radius 1 is 1.16 bits per heavy atom. The third-order valence-corrected chi connectivity index (χ3v) is 5.79. The molecule has 1 unspecified atom stereocenters. The minimum absolute atomic E-state index is 0.125. The highest BCUT2D eigenvalue weighted by Crippen LogP contribution is 2.45. The van der Waals surface area contributed by atoms with E-state index in [-0.39, 0.29) is 16.3 Å². The molecule has 0 N–H and O–H groups in total. The highest BCUT2D eigenvalue weighted by Gasteiger charge is 2.46. The van der Waals surface area contributed by atoms with E-state index in [9.17, 15) is 10.1 Å². The van der Waals surface area contributed by atoms with Crippen molar-refractivity contribution < 1.29 is 9.66 Å². The van der Waals surface area contributed by atoms with Gasteiger partial charge in [-0.3, -0.25) is 15.0 Å². The maximum atomic E-state index is 11.1. The second-order valence-corrected chi connectivity index (χ2v) is 7.39. The van der Waals surface area contributed by atoms with Crippen molar-refractivity contribution in [1.29, 1.82) is 0 Å². The number of hydrogen-bond donors (Lipinski definition) is 0. The van der Waals surface area contributed by atoms with Crippen molar-refractivity contribution >= 4 is 11.8 Å². The van der Waals surface area contributed by atoms with Gasteiger partial charge in [-0.15, -0.1) is 0 Å². The van der Waals surface area contributed by atoms with Gasteiger partial charge in [0.05, 0.1) is 4.92 Å². The molecule has 1 atom stereocenters. The van der Waals surface area contributed by atoms with E-state index in [4.69, 9.17) is 4.74 Å². The van der Waals surface area contributed by atoms with Crippen molar-refractivity contribution in [3.8, 4) is 5.75 Å². The van der Waals surface area contributed by atoms with Crippen LogP contribution in [0.3, 0.4) is 0 Å². The molecule has 1 saturated carbocycles. The summed E-state index contributed by atoms with van der Waals surface area (Å²) in [6.07, 6.45) is 7.70. The fourth-order valence-electron chi connectivity index (χ4n) is 4.33. The van der Waals surface area contributed by atoms with E-state index in [0.29, 0.717) is 0 Å². The SMILES string of the molecule is CN1CCN(C23CCCCCC2=Cc2cc([N+](=O)[O-])ccc2O3)CC1. The van der Waals surface area contributed by atoms with Gasteiger partial charge in [0.2, 0.25) is 0 Å². The first-order valence-corrected chi connectivity index (χ1v) is 9.21. The topological polar surface area (TPSA) is 58.9 Å². The van der Waals surface area contributed by atoms with Gasteiger partial charge in [0, 0.05) is 50.3 Å². The number of rotatable bonds is 2. The summed E-state index contributed by atoms with van der Waals surface area (Å²) in [6, 6.07) is 4.95. The quantitative estimate of drug-likeness (QED) is 0.609. The number of nitro groups is 1. The molecule has 2 aliphatic heterocycles. The summed E-state index contributed by atoms with van der Waals surface area (Å²) in [7, 11) is 2.16. The van der Waals surface area contributed by atoms with Gasteiger partial charge in [0.25, 0.3) is 5.69 Å². The highest BCUT2D eigenvalue weighted by molar-refractivity contribution is 5.67. The van der Waals surface area contributed by atoms with Crippen molar-refractivity contribution in [2.24, 2.45) is 0 Å². The molecule has 2 fully saturated rings. The van der Waals surface area contributed by atoms with Crippen LogP contribution in [0.5, 0.6) is 5.75 Å². The zero-order valence-corrected chi connectivity index (χ0v) is 14.7. The molecule has 6 heteroatoms. The first kappa shape index (κ1) is 16.5. The zero-order chi connectivity index (χ0) is 17.4. The van der Waals surface area contributed by atoms with E-state index in [1.54, 1.807) is 18.2 Å². The predicted octanol–water partition coefficient (Wildman–Crippen LogP) is 3.28. The van der Waals surface area contributed by atoms with Crippen LogP contribution < -0.4 is 4.74 Å². The molecule has 1 aromatic carbocycles. The molecule has 0 bridgehead atoms. The Bertz CT molecular complexity index is 710. The van der Waals surface area contributed by atoms with E-state index in [1.807, 2.05) is 0 Å². The molecule has 1 aliphatic carbocycles. The smallest absolute Gasteiger partial charge is 0.270 e. The van der Waals surface area contributed by atoms with Gasteiger partial charge in [-0.05, 0) is 44.0 Å². The van der Waals surface area contributed by atoms with Crippen LogP contribution in [0.4, 0.5) is 5.69 Å². The Hall–Kier alpha value is -1.92. The molecule has 25 heavy (non-hydrogen) atoms. The van der Waals surface area contributed by atoms with E-state index < -0.39 is 0 Å². The van der Waals surface area contributed by atoms with Gasteiger partial charge in [0.15, 0.2) is 5.72 Å². The maximum Gasteiger partial charge on any atom is 0.270 e. The van der Waals surface area contributed by atoms with Gasteiger partial charge < -0.3 is 9.64 Å². The van der Waals surface area contributed by atoms with Gasteiger partial charge in [-0.25, -0.2) is 0 Å². The molecule has 3 aliphatic rings. The fraction of sp³-hybridized carbons (Fsp3) is 0.579. The molecule has 1 aromatic rings. The second-order valence-electron chi connectivity index (χ2n) is 7.39. The summed E-state index contributed by atoms with van der Waals surface area (Å²) < 4.78 is 6.63. The molecule has 1 saturated heterocycles. The van der Waals surface area contributed by atoms with Crippen LogP contribution in [-0.4, -0.2) is 53.7 Å². The fourth-order valence-corrected chi connectivity index (χ4v) is 4.33. The molecule has 2 heterocycles. The number of ether oxygens (including phenoxy) is 1. The molecular formula is C19H25N3O3. The average Bonchev–Trinajstić information content (AvgIpc) is 2.82. The number of benzene rings is 1. The van der Waals surface area contributed by atoms with E-state index in [0.717, 1.165) is 63.2 Å². The lowest BCUT2D eigenvalue weighted by molar-refractivity contribution is -0.384. The van der Waals surface area contributed by atoms with E-state index >= 15 is 0 Å². The maximum absolute atomic E-state index is 11.1. The highest BCUT2D eigenvalue weighted by atomic mass is 16.6. The minimum Gasteiger partial charge on any atom is -0.468 e. The minimum atomic E-state index is -0.360. The number of fused-ring (bicyclic) bond motifs is 2. The van der Waals surface area contributed by atoms with Crippen LogP contribution >= 0.6 is 0 Å². The third kappa shape index (κ3) is 2.93. The zero-order valence-electron chi connectivity index (χ0n) is 14.7. The Kier molecular flexibility index (Phi) is 4.25. The van der Waals surface area contributed by atoms with Gasteiger partial charge in [-0.1, -0.05) is 6.42 Å². The molecule has 4 rings (SSSR count). The summed E-state index contributed by atoms with van der Waals surface area (Å²) in [5, 5.41) is 11.1. The van der Waals surface area contributed by atoms with Crippen LogP contribution in [0.2, 0.25) is 0 Å². The molecule has 0 spiro atoms. The van der Waals surface area contributed by atoms with Gasteiger partial charge in [0.1, 0.15) is 5.75 Å². The standard InChI is InChI=1S/C19H25N3O3/c1-20-9-11-21(12-10-20)19-8-4-2-3-5-16(19)13-15-14-17(22(23)24)6-7-18(15)25-19/h6-7,13-14H,2-5,8-12H2,1H3. The Morgan fingerprint density at radius 2 is 1.96 bits per heavy atom. The van der Waals surface area contributed by atoms with Crippen LogP contribution in [0.25, 0.3) is 6.08 Å². The van der Waals surface area contributed by atoms with E-state index in [2.05, 4.69) is 22.9 Å². The van der Waals surface area contributed by atoms with Crippen molar-refractivity contribution in [2.75, 3.05) is 33.2 Å². The number of likely N-dealkylation sites (N-methyl/N-ethyl adjacent to an activating group) is 1. The summed E-state index contributed by atoms with van der Waals surface area (Å²) in [5.74, 6) is 0.773. The Morgan fingerprint density at radius 3 is 2.72 bits per heavy atom. The first-order chi connectivity index (χ1) is 12.1. The van der Waals surface area contributed by atoms with Crippen LogP contribution in [0.15, 0.2) is 23.8 Å². The normalized spacial score (nSPS) is 27.5. The monoisotopic (exact) mass is 343 g/mol. The predicted molar refractivity (Wildman–Crippen MR) is 96.6 cm³/mol. The lowest BCUT2D eigenvalue weighted by Crippen LogP contribution is -2.60. The van der Waals surface area contributed by atoms with Crippen molar-refractivity contribution in [2.45, 2.75) is 37.8 Å². The Labute approximate surface area is 148 Å². The summed E-state index contributed by atoms with van der Waals surface area (Å²) >= 11 is 0. The lowest BCUT2D eigenvalue weighted by Gasteiger charge is -2.49. The number of hydrogen-bond acceptors (Lipinski definition) is 5. The summed E-state index contributed by atoms with van der Waals surface area (Å²) in [4.78, 5) is 15.6. The van der Waals surface area contributed by atoms with Gasteiger partial charge in [-0.2, -0.15) is 0 Å². The lowest BCUT2D eigenvalue weighted by atomic mass is 9.90. The molecule has 6 nitrogen and oxygen atoms in total. The van der Waals surface area contributed by atoms with Crippen LogP contribution in [0, 0.1) is 10.1 Å². The molecular weight excluding hydrogens is 318 g/mol. The van der Waals surface area contributed by atoms with Crippen LogP contribution in [-0.2, 0) is 0 Å².